The second kappa shape index (κ2) is 13.0. The summed E-state index contributed by atoms with van der Waals surface area (Å²) in [4.78, 5) is 16.1. The average molecular weight is 716 g/mol. The molecule has 0 bridgehead atoms. The van der Waals surface area contributed by atoms with Crippen molar-refractivity contribution in [2.75, 3.05) is 0 Å². The SMILES string of the molecule is c1ccc(-c2ccc3c(c2)c2ccccc2n3-c2nc(-c3ccccc3)nc(-n3c4ccccc4c4ccccc4c4ccccc4c4ccccc43)n2)cc1. The fraction of sp³-hybridized carbons (Fsp3) is 0. The summed E-state index contributed by atoms with van der Waals surface area (Å²) < 4.78 is 4.41. The van der Waals surface area contributed by atoms with Crippen LogP contribution in [0, 0.1) is 0 Å². The summed E-state index contributed by atoms with van der Waals surface area (Å²) in [5, 5.41) is 9.07. The van der Waals surface area contributed by atoms with Crippen molar-refractivity contribution >= 4 is 65.2 Å². The third-order valence-corrected chi connectivity index (χ3v) is 10.8. The molecule has 0 aliphatic carbocycles. The second-order valence-corrected chi connectivity index (χ2v) is 14.0. The molecule has 0 unspecified atom stereocenters. The van der Waals surface area contributed by atoms with Crippen molar-refractivity contribution in [3.05, 3.63) is 200 Å². The third kappa shape index (κ3) is 5.13. The van der Waals surface area contributed by atoms with E-state index < -0.39 is 0 Å². The van der Waals surface area contributed by atoms with Crippen LogP contribution in [0.5, 0.6) is 0 Å². The lowest BCUT2D eigenvalue weighted by Gasteiger charge is -2.15. The maximum Gasteiger partial charge on any atom is 0.240 e. The monoisotopic (exact) mass is 715 g/mol. The lowest BCUT2D eigenvalue weighted by Crippen LogP contribution is -2.11. The van der Waals surface area contributed by atoms with Crippen LogP contribution in [0.25, 0.3) is 99.6 Å². The number of fused-ring (bicyclic) bond motifs is 10. The van der Waals surface area contributed by atoms with E-state index in [0.717, 1.165) is 65.5 Å². The molecule has 5 heteroatoms. The minimum atomic E-state index is 0.525. The van der Waals surface area contributed by atoms with Gasteiger partial charge in [-0.3, -0.25) is 9.13 Å². The summed E-state index contributed by atoms with van der Waals surface area (Å²) in [6.45, 7) is 0. The molecule has 0 N–H and O–H groups in total. The van der Waals surface area contributed by atoms with Crippen LogP contribution in [-0.4, -0.2) is 24.1 Å². The first-order valence-corrected chi connectivity index (χ1v) is 18.9. The van der Waals surface area contributed by atoms with Gasteiger partial charge in [0.25, 0.3) is 0 Å². The largest absolute Gasteiger partial charge is 0.278 e. The van der Waals surface area contributed by atoms with Crippen LogP contribution in [0.1, 0.15) is 0 Å². The van der Waals surface area contributed by atoms with Gasteiger partial charge in [0.15, 0.2) is 5.82 Å². The molecule has 262 valence electrons. The van der Waals surface area contributed by atoms with Crippen LogP contribution >= 0.6 is 0 Å². The van der Waals surface area contributed by atoms with Crippen LogP contribution in [0.2, 0.25) is 0 Å². The summed E-state index contributed by atoms with van der Waals surface area (Å²) in [5.74, 6) is 1.66. The van der Waals surface area contributed by atoms with E-state index in [2.05, 4.69) is 191 Å². The highest BCUT2D eigenvalue weighted by atomic mass is 15.3. The highest BCUT2D eigenvalue weighted by Gasteiger charge is 2.20. The van der Waals surface area contributed by atoms with Crippen molar-refractivity contribution in [3.8, 4) is 34.4 Å². The van der Waals surface area contributed by atoms with E-state index in [4.69, 9.17) is 15.0 Å². The maximum atomic E-state index is 5.49. The Hall–Kier alpha value is -7.63. The Bertz CT molecular complexity index is 3260. The van der Waals surface area contributed by atoms with Gasteiger partial charge in [-0.15, -0.1) is 0 Å². The van der Waals surface area contributed by atoms with Crippen molar-refractivity contribution in [1.29, 1.82) is 0 Å². The smallest absolute Gasteiger partial charge is 0.240 e. The van der Waals surface area contributed by atoms with Crippen LogP contribution in [0.3, 0.4) is 0 Å². The average Bonchev–Trinajstić information content (AvgIpc) is 3.62. The molecule has 11 rings (SSSR count). The maximum absolute atomic E-state index is 5.49. The zero-order chi connectivity index (χ0) is 37.0. The molecule has 0 aliphatic rings. The van der Waals surface area contributed by atoms with E-state index in [0.29, 0.717) is 17.7 Å². The quantitative estimate of drug-likeness (QED) is 0.182. The van der Waals surface area contributed by atoms with Gasteiger partial charge in [0.2, 0.25) is 11.9 Å². The third-order valence-electron chi connectivity index (χ3n) is 10.8. The fourth-order valence-corrected chi connectivity index (χ4v) is 8.31. The molecule has 8 aromatic carbocycles. The predicted octanol–water partition coefficient (Wildman–Crippen LogP) is 12.8. The second-order valence-electron chi connectivity index (χ2n) is 14.0. The zero-order valence-corrected chi connectivity index (χ0v) is 30.3. The van der Waals surface area contributed by atoms with Gasteiger partial charge in [0, 0.05) is 27.1 Å². The van der Waals surface area contributed by atoms with Gasteiger partial charge < -0.3 is 0 Å². The lowest BCUT2D eigenvalue weighted by atomic mass is 10.0. The lowest BCUT2D eigenvalue weighted by molar-refractivity contribution is 0.891. The Morgan fingerprint density at radius 3 is 1.09 bits per heavy atom. The van der Waals surface area contributed by atoms with Crippen molar-refractivity contribution < 1.29 is 0 Å². The number of hydrogen-bond donors (Lipinski definition) is 0. The van der Waals surface area contributed by atoms with Crippen molar-refractivity contribution in [2.24, 2.45) is 0 Å². The molecule has 0 amide bonds. The van der Waals surface area contributed by atoms with E-state index in [9.17, 15) is 0 Å². The number of aromatic nitrogens is 5. The van der Waals surface area contributed by atoms with Gasteiger partial charge in [0.1, 0.15) is 0 Å². The molecule has 0 aliphatic heterocycles. The van der Waals surface area contributed by atoms with E-state index in [1.807, 2.05) is 18.2 Å². The predicted molar refractivity (Wildman–Crippen MR) is 232 cm³/mol. The van der Waals surface area contributed by atoms with Gasteiger partial charge in [-0.2, -0.15) is 15.0 Å². The molecule has 0 spiro atoms. The minimum absolute atomic E-state index is 0.525. The molecular formula is C51H33N5. The van der Waals surface area contributed by atoms with Crippen LogP contribution in [0.4, 0.5) is 0 Å². The van der Waals surface area contributed by atoms with Crippen molar-refractivity contribution in [1.82, 2.24) is 24.1 Å². The van der Waals surface area contributed by atoms with E-state index in [1.54, 1.807) is 0 Å². The fourth-order valence-electron chi connectivity index (χ4n) is 8.31. The molecule has 0 radical (unpaired) electrons. The number of hydrogen-bond acceptors (Lipinski definition) is 3. The molecule has 0 saturated carbocycles. The molecule has 0 saturated heterocycles. The normalized spacial score (nSPS) is 11.6. The van der Waals surface area contributed by atoms with Crippen LogP contribution in [0.15, 0.2) is 200 Å². The van der Waals surface area contributed by atoms with Crippen molar-refractivity contribution in [2.45, 2.75) is 0 Å². The van der Waals surface area contributed by atoms with Crippen molar-refractivity contribution in [3.63, 3.8) is 0 Å². The van der Waals surface area contributed by atoms with Gasteiger partial charge in [0.05, 0.1) is 22.1 Å². The van der Waals surface area contributed by atoms with E-state index >= 15 is 0 Å². The van der Waals surface area contributed by atoms with E-state index in [-0.39, 0.29) is 0 Å². The first-order valence-electron chi connectivity index (χ1n) is 18.9. The molecule has 56 heavy (non-hydrogen) atoms. The first-order chi connectivity index (χ1) is 27.8. The Kier molecular flexibility index (Phi) is 7.42. The molecule has 0 fully saturated rings. The van der Waals surface area contributed by atoms with Crippen LogP contribution < -0.4 is 0 Å². The molecule has 3 heterocycles. The highest BCUT2D eigenvalue weighted by Crippen LogP contribution is 2.37. The first kappa shape index (κ1) is 31.9. The number of benzene rings is 8. The Morgan fingerprint density at radius 1 is 0.250 bits per heavy atom. The Labute approximate surface area is 322 Å². The molecule has 3 aromatic heterocycles. The zero-order valence-electron chi connectivity index (χ0n) is 30.3. The molecule has 11 aromatic rings. The van der Waals surface area contributed by atoms with Gasteiger partial charge >= 0.3 is 0 Å². The van der Waals surface area contributed by atoms with Gasteiger partial charge in [-0.25, -0.2) is 0 Å². The van der Waals surface area contributed by atoms with Crippen LogP contribution in [-0.2, 0) is 0 Å². The number of rotatable bonds is 4. The molecular weight excluding hydrogens is 683 g/mol. The van der Waals surface area contributed by atoms with Gasteiger partial charge in [-0.1, -0.05) is 170 Å². The summed E-state index contributed by atoms with van der Waals surface area (Å²) in [5.41, 5.74) is 7.25. The number of nitrogens with zero attached hydrogens (tertiary/aromatic N) is 5. The molecule has 5 nitrogen and oxygen atoms in total. The summed E-state index contributed by atoms with van der Waals surface area (Å²) >= 11 is 0. The van der Waals surface area contributed by atoms with E-state index in [1.165, 1.54) is 16.3 Å². The summed E-state index contributed by atoms with van der Waals surface area (Å²) in [7, 11) is 0. The van der Waals surface area contributed by atoms with Gasteiger partial charge in [-0.05, 0) is 63.0 Å². The summed E-state index contributed by atoms with van der Waals surface area (Å²) in [6.07, 6.45) is 0. The number of para-hydroxylation sites is 3. The topological polar surface area (TPSA) is 48.5 Å². The molecule has 0 atom stereocenters. The highest BCUT2D eigenvalue weighted by molar-refractivity contribution is 6.19. The standard InChI is InChI=1S/C51H33N5/c1-3-17-34(18-4-1)36-31-32-48-44(33-36)43-27-13-16-30-47(43)56(48)51-53-49(35-19-5-2-6-20-35)52-50(54-51)55-45-28-14-11-25-41(45)39-23-9-7-21-37(39)38-22-8-10-24-40(38)42-26-12-15-29-46(42)55/h1-33H. The minimum Gasteiger partial charge on any atom is -0.278 e. The Balaban J connectivity index is 1.31. The Morgan fingerprint density at radius 2 is 0.607 bits per heavy atom. The summed E-state index contributed by atoms with van der Waals surface area (Å²) in [6, 6.07) is 70.5.